The first-order chi connectivity index (χ1) is 9.79. The second-order valence-electron chi connectivity index (χ2n) is 5.23. The molecule has 1 N–H and O–H groups in total. The molecule has 1 aliphatic rings. The molecule has 0 spiro atoms. The summed E-state index contributed by atoms with van der Waals surface area (Å²) in [7, 11) is 0. The molecule has 4 heteroatoms. The molecular weight excluding hydrogens is 252 g/mol. The minimum absolute atomic E-state index is 0.0687. The Morgan fingerprint density at radius 2 is 2.30 bits per heavy atom. The predicted octanol–water partition coefficient (Wildman–Crippen LogP) is 2.81. The van der Waals surface area contributed by atoms with E-state index in [-0.39, 0.29) is 11.9 Å². The number of aromatic amines is 1. The van der Waals surface area contributed by atoms with Gasteiger partial charge in [-0.2, -0.15) is 0 Å². The van der Waals surface area contributed by atoms with E-state index in [9.17, 15) is 4.79 Å². The second-order valence-corrected chi connectivity index (χ2v) is 5.23. The molecule has 1 aliphatic heterocycles. The number of aromatic nitrogens is 1. The van der Waals surface area contributed by atoms with Crippen LogP contribution in [0.15, 0.2) is 30.3 Å². The molecule has 0 bridgehead atoms. The summed E-state index contributed by atoms with van der Waals surface area (Å²) in [6.45, 7) is 4.20. The molecule has 1 atom stereocenters. The van der Waals surface area contributed by atoms with Crippen LogP contribution in [0.3, 0.4) is 0 Å². The smallest absolute Gasteiger partial charge is 0.270 e. The van der Waals surface area contributed by atoms with Crippen molar-refractivity contribution in [1.82, 2.24) is 9.88 Å². The van der Waals surface area contributed by atoms with Crippen LogP contribution >= 0.6 is 0 Å². The number of para-hydroxylation sites is 1. The molecule has 1 fully saturated rings. The van der Waals surface area contributed by atoms with Crippen molar-refractivity contribution in [1.29, 1.82) is 0 Å². The van der Waals surface area contributed by atoms with Crippen LogP contribution in [0.4, 0.5) is 0 Å². The van der Waals surface area contributed by atoms with Gasteiger partial charge in [0.1, 0.15) is 5.69 Å². The van der Waals surface area contributed by atoms with E-state index in [0.29, 0.717) is 18.8 Å². The summed E-state index contributed by atoms with van der Waals surface area (Å²) in [4.78, 5) is 17.8. The SMILES string of the molecule is CCN(C(=O)c1cc2ccccc2[nH]1)C1CCCOC1. The van der Waals surface area contributed by atoms with Crippen molar-refractivity contribution in [2.24, 2.45) is 0 Å². The Kier molecular flexibility index (Phi) is 3.74. The maximum Gasteiger partial charge on any atom is 0.270 e. The number of benzene rings is 1. The van der Waals surface area contributed by atoms with Gasteiger partial charge in [0.05, 0.1) is 12.6 Å². The number of hydrogen-bond donors (Lipinski definition) is 1. The minimum atomic E-state index is 0.0687. The van der Waals surface area contributed by atoms with E-state index in [2.05, 4.69) is 4.98 Å². The van der Waals surface area contributed by atoms with Crippen molar-refractivity contribution < 1.29 is 9.53 Å². The van der Waals surface area contributed by atoms with E-state index in [4.69, 9.17) is 4.74 Å². The monoisotopic (exact) mass is 272 g/mol. The minimum Gasteiger partial charge on any atom is -0.379 e. The molecule has 0 saturated carbocycles. The molecule has 0 aliphatic carbocycles. The number of likely N-dealkylation sites (N-methyl/N-ethyl adjacent to an activating group) is 1. The zero-order valence-corrected chi connectivity index (χ0v) is 11.8. The third kappa shape index (κ3) is 2.43. The highest BCUT2D eigenvalue weighted by atomic mass is 16.5. The first-order valence-corrected chi connectivity index (χ1v) is 7.26. The fraction of sp³-hybridized carbons (Fsp3) is 0.438. The molecule has 1 aromatic heterocycles. The Morgan fingerprint density at radius 3 is 3.00 bits per heavy atom. The van der Waals surface area contributed by atoms with Gasteiger partial charge < -0.3 is 14.6 Å². The number of carbonyl (C=O) groups excluding carboxylic acids is 1. The highest BCUT2D eigenvalue weighted by Crippen LogP contribution is 2.19. The average molecular weight is 272 g/mol. The predicted molar refractivity (Wildman–Crippen MR) is 78.9 cm³/mol. The summed E-state index contributed by atoms with van der Waals surface area (Å²) in [5, 5.41) is 1.08. The standard InChI is InChI=1S/C16H20N2O2/c1-2-18(13-7-5-9-20-11-13)16(19)15-10-12-6-3-4-8-14(12)17-15/h3-4,6,8,10,13,17H,2,5,7,9,11H2,1H3. The maximum atomic E-state index is 12.7. The van der Waals surface area contributed by atoms with Gasteiger partial charge in [-0.25, -0.2) is 0 Å². The van der Waals surface area contributed by atoms with Crippen LogP contribution in [0.25, 0.3) is 10.9 Å². The van der Waals surface area contributed by atoms with Crippen molar-refractivity contribution in [2.75, 3.05) is 19.8 Å². The number of nitrogens with one attached hydrogen (secondary N) is 1. The lowest BCUT2D eigenvalue weighted by molar-refractivity contribution is 0.0181. The van der Waals surface area contributed by atoms with Crippen LogP contribution in [0.5, 0.6) is 0 Å². The fourth-order valence-electron chi connectivity index (χ4n) is 2.88. The Morgan fingerprint density at radius 1 is 1.45 bits per heavy atom. The molecule has 3 rings (SSSR count). The lowest BCUT2D eigenvalue weighted by Gasteiger charge is -2.33. The number of nitrogens with zero attached hydrogens (tertiary/aromatic N) is 1. The van der Waals surface area contributed by atoms with Gasteiger partial charge in [0.15, 0.2) is 0 Å². The third-order valence-electron chi connectivity index (χ3n) is 3.94. The summed E-state index contributed by atoms with van der Waals surface area (Å²) in [5.41, 5.74) is 1.67. The Bertz CT molecular complexity index is 566. The van der Waals surface area contributed by atoms with Gasteiger partial charge in [0, 0.05) is 24.1 Å². The molecule has 2 heterocycles. The molecule has 20 heavy (non-hydrogen) atoms. The number of H-pyrrole nitrogens is 1. The molecule has 1 amide bonds. The molecule has 1 unspecified atom stereocenters. The summed E-state index contributed by atoms with van der Waals surface area (Å²) >= 11 is 0. The van der Waals surface area contributed by atoms with Gasteiger partial charge in [-0.3, -0.25) is 4.79 Å². The summed E-state index contributed by atoms with van der Waals surface area (Å²) in [6.07, 6.45) is 2.06. The first-order valence-electron chi connectivity index (χ1n) is 7.26. The molecule has 1 aromatic carbocycles. The molecule has 0 radical (unpaired) electrons. The molecule has 4 nitrogen and oxygen atoms in total. The summed E-state index contributed by atoms with van der Waals surface area (Å²) in [6, 6.07) is 10.1. The lowest BCUT2D eigenvalue weighted by Crippen LogP contribution is -2.44. The molecule has 2 aromatic rings. The second kappa shape index (κ2) is 5.67. The average Bonchev–Trinajstić information content (AvgIpc) is 2.93. The molecule has 1 saturated heterocycles. The Balaban J connectivity index is 1.85. The number of rotatable bonds is 3. The summed E-state index contributed by atoms with van der Waals surface area (Å²) in [5.74, 6) is 0.0687. The van der Waals surface area contributed by atoms with Gasteiger partial charge in [-0.05, 0) is 31.9 Å². The fourth-order valence-corrected chi connectivity index (χ4v) is 2.88. The first kappa shape index (κ1) is 13.2. The number of amides is 1. The number of ether oxygens (including phenoxy) is 1. The number of hydrogen-bond acceptors (Lipinski definition) is 2. The van der Waals surface area contributed by atoms with Crippen molar-refractivity contribution in [3.05, 3.63) is 36.0 Å². The van der Waals surface area contributed by atoms with Gasteiger partial charge in [0.2, 0.25) is 0 Å². The Labute approximate surface area is 118 Å². The highest BCUT2D eigenvalue weighted by molar-refractivity contribution is 5.98. The zero-order chi connectivity index (χ0) is 13.9. The van der Waals surface area contributed by atoms with Crippen molar-refractivity contribution in [3.8, 4) is 0 Å². The van der Waals surface area contributed by atoms with E-state index >= 15 is 0 Å². The van der Waals surface area contributed by atoms with Crippen LogP contribution in [0.1, 0.15) is 30.3 Å². The van der Waals surface area contributed by atoms with Gasteiger partial charge in [0.25, 0.3) is 5.91 Å². The maximum absolute atomic E-state index is 12.7. The van der Waals surface area contributed by atoms with Gasteiger partial charge >= 0.3 is 0 Å². The topological polar surface area (TPSA) is 45.3 Å². The highest BCUT2D eigenvalue weighted by Gasteiger charge is 2.26. The lowest BCUT2D eigenvalue weighted by atomic mass is 10.1. The van der Waals surface area contributed by atoms with Crippen molar-refractivity contribution >= 4 is 16.8 Å². The zero-order valence-electron chi connectivity index (χ0n) is 11.8. The van der Waals surface area contributed by atoms with Gasteiger partial charge in [-0.1, -0.05) is 18.2 Å². The summed E-state index contributed by atoms with van der Waals surface area (Å²) < 4.78 is 5.51. The van der Waals surface area contributed by atoms with Crippen LogP contribution in [-0.2, 0) is 4.74 Å². The molecule has 106 valence electrons. The van der Waals surface area contributed by atoms with Crippen LogP contribution in [0.2, 0.25) is 0 Å². The number of fused-ring (bicyclic) bond motifs is 1. The van der Waals surface area contributed by atoms with Crippen molar-refractivity contribution in [3.63, 3.8) is 0 Å². The van der Waals surface area contributed by atoms with Crippen molar-refractivity contribution in [2.45, 2.75) is 25.8 Å². The van der Waals surface area contributed by atoms with E-state index < -0.39 is 0 Å². The van der Waals surface area contributed by atoms with Crippen LogP contribution < -0.4 is 0 Å². The van der Waals surface area contributed by atoms with E-state index in [0.717, 1.165) is 30.4 Å². The van der Waals surface area contributed by atoms with E-state index in [1.165, 1.54) is 0 Å². The van der Waals surface area contributed by atoms with Gasteiger partial charge in [-0.15, -0.1) is 0 Å². The largest absolute Gasteiger partial charge is 0.379 e. The van der Waals surface area contributed by atoms with E-state index in [1.807, 2.05) is 42.2 Å². The third-order valence-corrected chi connectivity index (χ3v) is 3.94. The van der Waals surface area contributed by atoms with E-state index in [1.54, 1.807) is 0 Å². The normalized spacial score (nSPS) is 19.1. The van der Waals surface area contributed by atoms with Crippen LogP contribution in [-0.4, -0.2) is 41.6 Å². The quantitative estimate of drug-likeness (QED) is 0.933. The number of carbonyl (C=O) groups is 1. The molecular formula is C16H20N2O2. The Hall–Kier alpha value is -1.81. The van der Waals surface area contributed by atoms with Crippen LogP contribution in [0, 0.1) is 0 Å².